The first-order chi connectivity index (χ1) is 15.8. The van der Waals surface area contributed by atoms with E-state index in [2.05, 4.69) is 20.8 Å². The molecule has 2 amide bonds. The Balaban J connectivity index is 1.66. The molecule has 174 valence electrons. The summed E-state index contributed by atoms with van der Waals surface area (Å²) in [7, 11) is 3.42. The molecule has 0 aliphatic carbocycles. The van der Waals surface area contributed by atoms with Crippen molar-refractivity contribution in [2.24, 2.45) is 13.0 Å². The van der Waals surface area contributed by atoms with Crippen LogP contribution in [-0.2, 0) is 11.8 Å². The molecular formula is C24H29N5O3S. The first-order valence-electron chi connectivity index (χ1n) is 10.6. The average molecular weight is 468 g/mol. The van der Waals surface area contributed by atoms with Crippen LogP contribution in [-0.4, -0.2) is 39.4 Å². The molecule has 0 bridgehead atoms. The molecule has 0 saturated carbocycles. The Bertz CT molecular complexity index is 1110. The molecule has 0 fully saturated rings. The standard InChI is InChI=1S/C24H29N5O3S/c1-15(2)21(26-23(31)17-10-12-18(32-5)13-11-17)22-27-28-24(29(22)4)33-14-20(30)25-19-9-7-6-8-16(19)3/h6-13,15,21H,14H2,1-5H3,(H,25,30)(H,26,31)/t21-/m0/s1. The van der Waals surface area contributed by atoms with Crippen LogP contribution < -0.4 is 15.4 Å². The number of methoxy groups -OCH3 is 1. The summed E-state index contributed by atoms with van der Waals surface area (Å²) in [6.07, 6.45) is 0. The third-order valence-electron chi connectivity index (χ3n) is 5.20. The van der Waals surface area contributed by atoms with Gasteiger partial charge in [0.05, 0.1) is 18.9 Å². The van der Waals surface area contributed by atoms with Crippen molar-refractivity contribution in [3.05, 3.63) is 65.5 Å². The molecule has 2 aromatic carbocycles. The van der Waals surface area contributed by atoms with E-state index in [-0.39, 0.29) is 29.5 Å². The number of ether oxygens (including phenoxy) is 1. The molecule has 8 nitrogen and oxygen atoms in total. The first-order valence-corrected chi connectivity index (χ1v) is 11.6. The van der Waals surface area contributed by atoms with Gasteiger partial charge in [0, 0.05) is 18.3 Å². The summed E-state index contributed by atoms with van der Waals surface area (Å²) < 4.78 is 6.97. The third-order valence-corrected chi connectivity index (χ3v) is 6.22. The van der Waals surface area contributed by atoms with Crippen LogP contribution in [0.1, 0.15) is 41.6 Å². The Morgan fingerprint density at radius 3 is 2.42 bits per heavy atom. The Labute approximate surface area is 198 Å². The molecule has 0 aliphatic rings. The molecular weight excluding hydrogens is 438 g/mol. The highest BCUT2D eigenvalue weighted by Crippen LogP contribution is 2.25. The number of carbonyl (C=O) groups excluding carboxylic acids is 2. The lowest BCUT2D eigenvalue weighted by molar-refractivity contribution is -0.113. The zero-order valence-corrected chi connectivity index (χ0v) is 20.3. The molecule has 0 unspecified atom stereocenters. The molecule has 3 rings (SSSR count). The van der Waals surface area contributed by atoms with Crippen molar-refractivity contribution in [2.45, 2.75) is 32.0 Å². The van der Waals surface area contributed by atoms with Gasteiger partial charge in [-0.2, -0.15) is 0 Å². The van der Waals surface area contributed by atoms with Gasteiger partial charge in [-0.1, -0.05) is 43.8 Å². The van der Waals surface area contributed by atoms with Gasteiger partial charge in [-0.15, -0.1) is 10.2 Å². The Kier molecular flexibility index (Phi) is 8.11. The number of anilines is 1. The second-order valence-corrected chi connectivity index (χ2v) is 8.92. The SMILES string of the molecule is COc1ccc(C(=O)N[C@H](c2nnc(SCC(=O)Nc3ccccc3C)n2C)C(C)C)cc1. The third kappa shape index (κ3) is 6.13. The maximum absolute atomic E-state index is 12.8. The zero-order valence-electron chi connectivity index (χ0n) is 19.5. The summed E-state index contributed by atoms with van der Waals surface area (Å²) in [6, 6.07) is 14.2. The highest BCUT2D eigenvalue weighted by molar-refractivity contribution is 7.99. The topological polar surface area (TPSA) is 98.1 Å². The van der Waals surface area contributed by atoms with Crippen molar-refractivity contribution in [1.82, 2.24) is 20.1 Å². The van der Waals surface area contributed by atoms with Crippen molar-refractivity contribution < 1.29 is 14.3 Å². The number of rotatable bonds is 9. The molecule has 33 heavy (non-hydrogen) atoms. The maximum atomic E-state index is 12.8. The van der Waals surface area contributed by atoms with Crippen molar-refractivity contribution in [1.29, 1.82) is 0 Å². The van der Waals surface area contributed by atoms with E-state index >= 15 is 0 Å². The lowest BCUT2D eigenvalue weighted by atomic mass is 10.0. The van der Waals surface area contributed by atoms with Crippen LogP contribution in [0.25, 0.3) is 0 Å². The molecule has 9 heteroatoms. The molecule has 2 N–H and O–H groups in total. The van der Waals surface area contributed by atoms with Crippen LogP contribution in [0.4, 0.5) is 5.69 Å². The highest BCUT2D eigenvalue weighted by Gasteiger charge is 2.25. The second kappa shape index (κ2) is 11.0. The number of nitrogens with zero attached hydrogens (tertiary/aromatic N) is 3. The van der Waals surface area contributed by atoms with Gasteiger partial charge in [-0.3, -0.25) is 9.59 Å². The minimum absolute atomic E-state index is 0.0808. The van der Waals surface area contributed by atoms with Crippen LogP contribution in [0.15, 0.2) is 53.7 Å². The number of carbonyl (C=O) groups is 2. The molecule has 1 atom stereocenters. The van der Waals surface area contributed by atoms with Crippen LogP contribution in [0, 0.1) is 12.8 Å². The number of amides is 2. The van der Waals surface area contributed by atoms with Gasteiger partial charge in [-0.25, -0.2) is 0 Å². The largest absolute Gasteiger partial charge is 0.497 e. The van der Waals surface area contributed by atoms with E-state index in [9.17, 15) is 9.59 Å². The van der Waals surface area contributed by atoms with Gasteiger partial charge in [-0.05, 0) is 48.7 Å². The van der Waals surface area contributed by atoms with E-state index < -0.39 is 0 Å². The number of para-hydroxylation sites is 1. The lowest BCUT2D eigenvalue weighted by Crippen LogP contribution is -2.33. The van der Waals surface area contributed by atoms with Gasteiger partial charge in [0.2, 0.25) is 5.91 Å². The predicted octanol–water partition coefficient (Wildman–Crippen LogP) is 3.99. The number of hydrogen-bond donors (Lipinski definition) is 2. The minimum Gasteiger partial charge on any atom is -0.497 e. The number of hydrogen-bond acceptors (Lipinski definition) is 6. The Hall–Kier alpha value is -3.33. The van der Waals surface area contributed by atoms with E-state index in [1.807, 2.05) is 56.7 Å². The van der Waals surface area contributed by atoms with E-state index in [0.717, 1.165) is 11.3 Å². The summed E-state index contributed by atoms with van der Waals surface area (Å²) in [6.45, 7) is 5.97. The highest BCUT2D eigenvalue weighted by atomic mass is 32.2. The van der Waals surface area contributed by atoms with E-state index in [4.69, 9.17) is 4.74 Å². The predicted molar refractivity (Wildman–Crippen MR) is 130 cm³/mol. The smallest absolute Gasteiger partial charge is 0.251 e. The van der Waals surface area contributed by atoms with Gasteiger partial charge >= 0.3 is 0 Å². The first kappa shape index (κ1) is 24.3. The number of aromatic nitrogens is 3. The van der Waals surface area contributed by atoms with Crippen molar-refractivity contribution in [3.8, 4) is 5.75 Å². The minimum atomic E-state index is -0.341. The summed E-state index contributed by atoms with van der Waals surface area (Å²) in [4.78, 5) is 25.2. The van der Waals surface area contributed by atoms with E-state index in [0.29, 0.717) is 22.3 Å². The van der Waals surface area contributed by atoms with Gasteiger partial charge < -0.3 is 19.9 Å². The molecule has 0 saturated heterocycles. The van der Waals surface area contributed by atoms with Crippen molar-refractivity contribution >= 4 is 29.3 Å². The molecule has 1 aromatic heterocycles. The molecule has 3 aromatic rings. The quantitative estimate of drug-likeness (QED) is 0.462. The van der Waals surface area contributed by atoms with Gasteiger partial charge in [0.25, 0.3) is 5.91 Å². The molecule has 0 spiro atoms. The van der Waals surface area contributed by atoms with E-state index in [1.165, 1.54) is 11.8 Å². The van der Waals surface area contributed by atoms with Crippen LogP contribution in [0.3, 0.4) is 0 Å². The summed E-state index contributed by atoms with van der Waals surface area (Å²) in [5.74, 6) is 1.28. The second-order valence-electron chi connectivity index (χ2n) is 7.98. The van der Waals surface area contributed by atoms with Crippen molar-refractivity contribution in [3.63, 3.8) is 0 Å². The average Bonchev–Trinajstić information content (AvgIpc) is 3.17. The van der Waals surface area contributed by atoms with Crippen LogP contribution >= 0.6 is 11.8 Å². The fraction of sp³-hybridized carbons (Fsp3) is 0.333. The number of thioether (sulfide) groups is 1. The summed E-state index contributed by atoms with van der Waals surface area (Å²) in [5, 5.41) is 15.1. The maximum Gasteiger partial charge on any atom is 0.251 e. The zero-order chi connectivity index (χ0) is 24.0. The molecule has 0 aliphatic heterocycles. The number of benzene rings is 2. The summed E-state index contributed by atoms with van der Waals surface area (Å²) in [5.41, 5.74) is 2.33. The monoisotopic (exact) mass is 467 g/mol. The Morgan fingerprint density at radius 2 is 1.79 bits per heavy atom. The fourth-order valence-corrected chi connectivity index (χ4v) is 3.97. The molecule has 0 radical (unpaired) electrons. The van der Waals surface area contributed by atoms with Crippen LogP contribution in [0.5, 0.6) is 5.75 Å². The number of nitrogens with one attached hydrogen (secondary N) is 2. The van der Waals surface area contributed by atoms with Gasteiger partial charge in [0.15, 0.2) is 11.0 Å². The summed E-state index contributed by atoms with van der Waals surface area (Å²) >= 11 is 1.30. The van der Waals surface area contributed by atoms with Crippen LogP contribution in [0.2, 0.25) is 0 Å². The normalized spacial score (nSPS) is 11.8. The molecule has 1 heterocycles. The Morgan fingerprint density at radius 1 is 1.09 bits per heavy atom. The van der Waals surface area contributed by atoms with Crippen molar-refractivity contribution in [2.75, 3.05) is 18.2 Å². The fourth-order valence-electron chi connectivity index (χ4n) is 3.25. The lowest BCUT2D eigenvalue weighted by Gasteiger charge is -2.21. The van der Waals surface area contributed by atoms with Gasteiger partial charge in [0.1, 0.15) is 5.75 Å². The van der Waals surface area contributed by atoms with E-state index in [1.54, 1.807) is 31.4 Å². The number of aryl methyl sites for hydroxylation is 1.